The quantitative estimate of drug-likeness (QED) is 0.609. The van der Waals surface area contributed by atoms with Crippen molar-refractivity contribution in [1.29, 1.82) is 0 Å². The first-order valence-electron chi connectivity index (χ1n) is 8.31. The molecule has 3 N–H and O–H groups in total. The van der Waals surface area contributed by atoms with Crippen LogP contribution in [0, 0.1) is 0 Å². The van der Waals surface area contributed by atoms with E-state index in [9.17, 15) is 14.4 Å². The molecule has 0 aliphatic rings. The maximum Gasteiger partial charge on any atom is 0.414 e. The second-order valence-electron chi connectivity index (χ2n) is 5.69. The van der Waals surface area contributed by atoms with E-state index in [2.05, 4.69) is 15.4 Å². The number of ether oxygens (including phenoxy) is 1. The third-order valence-corrected chi connectivity index (χ3v) is 4.40. The van der Waals surface area contributed by atoms with Crippen molar-refractivity contribution in [2.24, 2.45) is 0 Å². The van der Waals surface area contributed by atoms with Gasteiger partial charge in [-0.05, 0) is 38.5 Å². The molecule has 1 aromatic rings. The number of carbonyl (C=O) groups is 3. The van der Waals surface area contributed by atoms with Gasteiger partial charge in [0.1, 0.15) is 0 Å². The molecule has 0 saturated heterocycles. The van der Waals surface area contributed by atoms with Gasteiger partial charge in [0, 0.05) is 0 Å². The molecule has 7 nitrogen and oxygen atoms in total. The fourth-order valence-electron chi connectivity index (χ4n) is 2.25. The molecule has 2 atom stereocenters. The summed E-state index contributed by atoms with van der Waals surface area (Å²) in [5.74, 6) is -0.713. The molecule has 0 saturated carbocycles. The largest absolute Gasteiger partial charge is 0.450 e. The summed E-state index contributed by atoms with van der Waals surface area (Å²) in [6, 6.07) is 4.90. The zero-order valence-corrected chi connectivity index (χ0v) is 16.5. The molecule has 0 radical (unpaired) electrons. The summed E-state index contributed by atoms with van der Waals surface area (Å²) in [6.45, 7) is 6.14. The predicted octanol–water partition coefficient (Wildman–Crippen LogP) is 1.35. The van der Waals surface area contributed by atoms with Crippen LogP contribution in [0.2, 0.25) is 10.0 Å². The number of benzene rings is 1. The minimum absolute atomic E-state index is 0.0100. The standard InChI is InChI=1S/C17H23Cl2N3O4/c1-4-22(10-16(24)21-17(25)26-5-2)9-15(23)20-11(3)12-6-7-13(18)14(19)8-12/h6-8,11H,4-5,9-10H2,1-3H3,(H,20,23)(H,21,24,25)/p+1/t11-/m0/s1. The summed E-state index contributed by atoms with van der Waals surface area (Å²) in [7, 11) is 0. The van der Waals surface area contributed by atoms with Gasteiger partial charge >= 0.3 is 6.09 Å². The van der Waals surface area contributed by atoms with Gasteiger partial charge in [-0.3, -0.25) is 14.9 Å². The topological polar surface area (TPSA) is 88.9 Å². The smallest absolute Gasteiger partial charge is 0.414 e. The number of hydrogen-bond donors (Lipinski definition) is 3. The highest BCUT2D eigenvalue weighted by molar-refractivity contribution is 6.42. The summed E-state index contributed by atoms with van der Waals surface area (Å²) >= 11 is 11.9. The summed E-state index contributed by atoms with van der Waals surface area (Å²) in [4.78, 5) is 36.0. The Morgan fingerprint density at radius 2 is 1.77 bits per heavy atom. The summed E-state index contributed by atoms with van der Waals surface area (Å²) < 4.78 is 4.65. The molecule has 0 aromatic heterocycles. The van der Waals surface area contributed by atoms with E-state index in [1.807, 2.05) is 13.8 Å². The first-order chi connectivity index (χ1) is 12.3. The second-order valence-corrected chi connectivity index (χ2v) is 6.50. The molecule has 0 fully saturated rings. The van der Waals surface area contributed by atoms with Gasteiger partial charge in [0.15, 0.2) is 13.1 Å². The highest BCUT2D eigenvalue weighted by atomic mass is 35.5. The molecule has 0 aliphatic carbocycles. The molecule has 0 heterocycles. The Hall–Kier alpha value is -1.83. The number of hydrogen-bond acceptors (Lipinski definition) is 4. The molecule has 1 rings (SSSR count). The van der Waals surface area contributed by atoms with Crippen molar-refractivity contribution in [3.05, 3.63) is 33.8 Å². The molecular weight excluding hydrogens is 381 g/mol. The first-order valence-corrected chi connectivity index (χ1v) is 9.06. The lowest BCUT2D eigenvalue weighted by Crippen LogP contribution is -3.14. The molecule has 1 aromatic carbocycles. The fourth-order valence-corrected chi connectivity index (χ4v) is 2.56. The van der Waals surface area contributed by atoms with Crippen molar-refractivity contribution in [2.45, 2.75) is 26.8 Å². The van der Waals surface area contributed by atoms with Crippen LogP contribution in [0.4, 0.5) is 4.79 Å². The number of amides is 3. The number of halogens is 2. The molecule has 0 aliphatic heterocycles. The Bertz CT molecular complexity index is 655. The van der Waals surface area contributed by atoms with E-state index in [0.29, 0.717) is 21.5 Å². The number of rotatable bonds is 8. The minimum Gasteiger partial charge on any atom is -0.450 e. The van der Waals surface area contributed by atoms with Crippen LogP contribution in [0.3, 0.4) is 0 Å². The molecular formula is C17H24Cl2N3O4+. The second kappa shape index (κ2) is 11.0. The van der Waals surface area contributed by atoms with Crippen LogP contribution in [0.25, 0.3) is 0 Å². The zero-order valence-electron chi connectivity index (χ0n) is 15.0. The van der Waals surface area contributed by atoms with Gasteiger partial charge in [0.05, 0.1) is 29.2 Å². The Balaban J connectivity index is 2.54. The number of likely N-dealkylation sites (N-methyl/N-ethyl adjacent to an activating group) is 1. The Kier molecular flexibility index (Phi) is 9.40. The molecule has 26 heavy (non-hydrogen) atoms. The summed E-state index contributed by atoms with van der Waals surface area (Å²) in [5.41, 5.74) is 0.825. The molecule has 144 valence electrons. The summed E-state index contributed by atoms with van der Waals surface area (Å²) in [5, 5.41) is 5.84. The van der Waals surface area contributed by atoms with Crippen LogP contribution >= 0.6 is 23.2 Å². The number of carbonyl (C=O) groups excluding carboxylic acids is 3. The molecule has 9 heteroatoms. The monoisotopic (exact) mass is 404 g/mol. The Morgan fingerprint density at radius 1 is 1.12 bits per heavy atom. The van der Waals surface area contributed by atoms with Gasteiger partial charge in [-0.25, -0.2) is 4.79 Å². The van der Waals surface area contributed by atoms with Crippen LogP contribution in [0.15, 0.2) is 18.2 Å². The van der Waals surface area contributed by atoms with Gasteiger partial charge in [0.25, 0.3) is 11.8 Å². The lowest BCUT2D eigenvalue weighted by Gasteiger charge is -2.19. The third-order valence-electron chi connectivity index (χ3n) is 3.66. The maximum atomic E-state index is 12.2. The maximum absolute atomic E-state index is 12.2. The van der Waals surface area contributed by atoms with Crippen LogP contribution < -0.4 is 15.5 Å². The normalized spacial score (nSPS) is 12.8. The van der Waals surface area contributed by atoms with Crippen molar-refractivity contribution >= 4 is 41.1 Å². The summed E-state index contributed by atoms with van der Waals surface area (Å²) in [6.07, 6.45) is -0.786. The van der Waals surface area contributed by atoms with E-state index in [-0.39, 0.29) is 31.6 Å². The minimum atomic E-state index is -0.786. The number of nitrogens with one attached hydrogen (secondary N) is 3. The average Bonchev–Trinajstić information content (AvgIpc) is 2.56. The Labute approximate surface area is 163 Å². The van der Waals surface area contributed by atoms with Gasteiger partial charge in [-0.15, -0.1) is 0 Å². The van der Waals surface area contributed by atoms with Crippen molar-refractivity contribution < 1.29 is 24.0 Å². The van der Waals surface area contributed by atoms with Crippen molar-refractivity contribution in [1.82, 2.24) is 10.6 Å². The molecule has 0 bridgehead atoms. The van der Waals surface area contributed by atoms with Crippen LogP contribution in [-0.2, 0) is 14.3 Å². The third kappa shape index (κ3) is 7.59. The SMILES string of the molecule is CCOC(=O)NC(=O)C[NH+](CC)CC(=O)N[C@@H](C)c1ccc(Cl)c(Cl)c1. The number of alkyl carbamates (subject to hydrolysis) is 1. The van der Waals surface area contributed by atoms with Crippen LogP contribution in [0.5, 0.6) is 0 Å². The number of imide groups is 1. The van der Waals surface area contributed by atoms with E-state index in [0.717, 1.165) is 5.56 Å². The lowest BCUT2D eigenvalue weighted by atomic mass is 10.1. The molecule has 1 unspecified atom stereocenters. The van der Waals surface area contributed by atoms with Crippen LogP contribution in [0.1, 0.15) is 32.4 Å². The number of quaternary nitrogens is 1. The van der Waals surface area contributed by atoms with Gasteiger partial charge in [-0.1, -0.05) is 29.3 Å². The fraction of sp³-hybridized carbons (Fsp3) is 0.471. The zero-order chi connectivity index (χ0) is 19.7. The van der Waals surface area contributed by atoms with Gasteiger partial charge < -0.3 is 15.0 Å². The van der Waals surface area contributed by atoms with Crippen molar-refractivity contribution in [3.8, 4) is 0 Å². The van der Waals surface area contributed by atoms with E-state index < -0.39 is 12.0 Å². The molecule has 0 spiro atoms. The first kappa shape index (κ1) is 22.2. The Morgan fingerprint density at radius 3 is 2.35 bits per heavy atom. The predicted molar refractivity (Wildman–Crippen MR) is 99.4 cm³/mol. The van der Waals surface area contributed by atoms with E-state index in [4.69, 9.17) is 23.2 Å². The lowest BCUT2D eigenvalue weighted by molar-refractivity contribution is -0.881. The van der Waals surface area contributed by atoms with E-state index in [1.165, 1.54) is 0 Å². The highest BCUT2D eigenvalue weighted by Crippen LogP contribution is 2.25. The highest BCUT2D eigenvalue weighted by Gasteiger charge is 2.20. The van der Waals surface area contributed by atoms with Crippen molar-refractivity contribution in [2.75, 3.05) is 26.2 Å². The van der Waals surface area contributed by atoms with Gasteiger partial charge in [0.2, 0.25) is 0 Å². The molecule has 3 amide bonds. The van der Waals surface area contributed by atoms with E-state index >= 15 is 0 Å². The van der Waals surface area contributed by atoms with Crippen molar-refractivity contribution in [3.63, 3.8) is 0 Å². The van der Waals surface area contributed by atoms with E-state index in [1.54, 1.807) is 25.1 Å². The average molecular weight is 405 g/mol. The van der Waals surface area contributed by atoms with Gasteiger partial charge in [-0.2, -0.15) is 0 Å². The van der Waals surface area contributed by atoms with Crippen LogP contribution in [-0.4, -0.2) is 44.1 Å².